The molecule has 0 saturated heterocycles. The Bertz CT molecular complexity index is 629. The van der Waals surface area contributed by atoms with Crippen molar-refractivity contribution in [1.29, 1.82) is 0 Å². The molecule has 4 nitrogen and oxygen atoms in total. The van der Waals surface area contributed by atoms with E-state index in [2.05, 4.69) is 5.32 Å². The summed E-state index contributed by atoms with van der Waals surface area (Å²) in [5.41, 5.74) is 7.38. The number of rotatable bonds is 4. The summed E-state index contributed by atoms with van der Waals surface area (Å²) < 4.78 is 18.4. The zero-order chi connectivity index (χ0) is 14.5. The molecule has 0 spiro atoms. The highest BCUT2D eigenvalue weighted by Gasteiger charge is 2.13. The topological polar surface area (TPSA) is 64.3 Å². The average Bonchev–Trinajstić information content (AvgIpc) is 2.47. The average molecular weight is 274 g/mol. The minimum absolute atomic E-state index is 0.0649. The quantitative estimate of drug-likeness (QED) is 0.841. The van der Waals surface area contributed by atoms with Gasteiger partial charge in [0.15, 0.2) is 0 Å². The van der Waals surface area contributed by atoms with Crippen molar-refractivity contribution >= 4 is 17.3 Å². The third-order valence-electron chi connectivity index (χ3n) is 2.92. The fourth-order valence-electron chi connectivity index (χ4n) is 1.91. The smallest absolute Gasteiger partial charge is 0.339 e. The molecular weight excluding hydrogens is 259 g/mol. The number of esters is 1. The molecule has 2 rings (SSSR count). The Labute approximate surface area is 116 Å². The van der Waals surface area contributed by atoms with Crippen molar-refractivity contribution in [2.75, 3.05) is 12.4 Å². The van der Waals surface area contributed by atoms with Crippen LogP contribution in [-0.4, -0.2) is 13.1 Å². The van der Waals surface area contributed by atoms with E-state index in [0.717, 1.165) is 0 Å². The zero-order valence-electron chi connectivity index (χ0n) is 11.0. The number of halogens is 1. The maximum atomic E-state index is 13.7. The molecule has 0 aliphatic carbocycles. The minimum atomic E-state index is -0.459. The van der Waals surface area contributed by atoms with Gasteiger partial charge >= 0.3 is 5.97 Å². The number of ether oxygens (including phenoxy) is 1. The van der Waals surface area contributed by atoms with Crippen molar-refractivity contribution in [3.05, 3.63) is 59.4 Å². The summed E-state index contributed by atoms with van der Waals surface area (Å²) in [5.74, 6) is -0.841. The maximum Gasteiger partial charge on any atom is 0.339 e. The van der Waals surface area contributed by atoms with E-state index in [1.807, 2.05) is 0 Å². The molecule has 0 aliphatic heterocycles. The summed E-state index contributed by atoms with van der Waals surface area (Å²) in [4.78, 5) is 11.7. The van der Waals surface area contributed by atoms with Gasteiger partial charge in [-0.05, 0) is 24.3 Å². The zero-order valence-corrected chi connectivity index (χ0v) is 11.0. The Morgan fingerprint density at radius 3 is 2.60 bits per heavy atom. The lowest BCUT2D eigenvalue weighted by Gasteiger charge is -2.14. The highest BCUT2D eigenvalue weighted by Crippen LogP contribution is 2.25. The first-order valence-corrected chi connectivity index (χ1v) is 6.09. The lowest BCUT2D eigenvalue weighted by Crippen LogP contribution is -2.08. The molecule has 104 valence electrons. The van der Waals surface area contributed by atoms with E-state index in [4.69, 9.17) is 10.5 Å². The van der Waals surface area contributed by atoms with Gasteiger partial charge in [-0.1, -0.05) is 18.2 Å². The van der Waals surface area contributed by atoms with Crippen molar-refractivity contribution in [3.8, 4) is 0 Å². The SMILES string of the molecule is COC(=O)c1ccccc1Nc1cccc(F)c1CN. The molecule has 2 aromatic carbocycles. The van der Waals surface area contributed by atoms with E-state index in [1.165, 1.54) is 13.2 Å². The fourth-order valence-corrected chi connectivity index (χ4v) is 1.91. The van der Waals surface area contributed by atoms with Gasteiger partial charge in [0.2, 0.25) is 0 Å². The predicted molar refractivity (Wildman–Crippen MR) is 75.4 cm³/mol. The Morgan fingerprint density at radius 1 is 1.20 bits per heavy atom. The van der Waals surface area contributed by atoms with Crippen molar-refractivity contribution < 1.29 is 13.9 Å². The molecule has 20 heavy (non-hydrogen) atoms. The molecule has 0 saturated carbocycles. The summed E-state index contributed by atoms with van der Waals surface area (Å²) in [5, 5.41) is 3.03. The van der Waals surface area contributed by atoms with Gasteiger partial charge in [-0.3, -0.25) is 0 Å². The number of carbonyl (C=O) groups excluding carboxylic acids is 1. The highest BCUT2D eigenvalue weighted by atomic mass is 19.1. The number of carbonyl (C=O) groups is 1. The van der Waals surface area contributed by atoms with Crippen LogP contribution in [0.15, 0.2) is 42.5 Å². The van der Waals surface area contributed by atoms with Gasteiger partial charge in [0.1, 0.15) is 5.82 Å². The first kappa shape index (κ1) is 14.0. The van der Waals surface area contributed by atoms with Crippen molar-refractivity contribution in [2.45, 2.75) is 6.54 Å². The molecular formula is C15H15FN2O2. The third-order valence-corrected chi connectivity index (χ3v) is 2.92. The molecule has 0 radical (unpaired) electrons. The molecule has 0 aromatic heterocycles. The molecule has 0 amide bonds. The van der Waals surface area contributed by atoms with Crippen molar-refractivity contribution in [3.63, 3.8) is 0 Å². The van der Waals surface area contributed by atoms with Gasteiger partial charge in [-0.25, -0.2) is 9.18 Å². The summed E-state index contributed by atoms with van der Waals surface area (Å²) in [7, 11) is 1.31. The lowest BCUT2D eigenvalue weighted by molar-refractivity contribution is 0.0602. The number of anilines is 2. The number of methoxy groups -OCH3 is 1. The van der Waals surface area contributed by atoms with Crippen LogP contribution in [0.3, 0.4) is 0 Å². The third kappa shape index (κ3) is 2.78. The first-order valence-electron chi connectivity index (χ1n) is 6.09. The molecule has 2 aromatic rings. The normalized spacial score (nSPS) is 10.2. The number of hydrogen-bond donors (Lipinski definition) is 2. The summed E-state index contributed by atoms with van der Waals surface area (Å²) in [6, 6.07) is 11.5. The minimum Gasteiger partial charge on any atom is -0.465 e. The largest absolute Gasteiger partial charge is 0.465 e. The second kappa shape index (κ2) is 6.16. The van der Waals surface area contributed by atoms with Crippen LogP contribution in [0.5, 0.6) is 0 Å². The number of nitrogens with two attached hydrogens (primary N) is 1. The van der Waals surface area contributed by atoms with Crippen LogP contribution in [0.2, 0.25) is 0 Å². The standard InChI is InChI=1S/C15H15FN2O2/c1-20-15(19)10-5-2-3-7-13(10)18-14-8-4-6-12(16)11(14)9-17/h2-8,18H,9,17H2,1H3. The Morgan fingerprint density at radius 2 is 1.90 bits per heavy atom. The van der Waals surface area contributed by atoms with Gasteiger partial charge in [0, 0.05) is 17.8 Å². The van der Waals surface area contributed by atoms with Crippen LogP contribution in [-0.2, 0) is 11.3 Å². The molecule has 3 N–H and O–H groups in total. The van der Waals surface area contributed by atoms with E-state index in [-0.39, 0.29) is 12.4 Å². The van der Waals surface area contributed by atoms with Crippen LogP contribution >= 0.6 is 0 Å². The molecule has 0 aliphatic rings. The van der Waals surface area contributed by atoms with E-state index in [9.17, 15) is 9.18 Å². The Hall–Kier alpha value is -2.40. The first-order chi connectivity index (χ1) is 9.67. The maximum absolute atomic E-state index is 13.7. The number of nitrogens with one attached hydrogen (secondary N) is 1. The van der Waals surface area contributed by atoms with E-state index < -0.39 is 5.97 Å². The molecule has 0 bridgehead atoms. The molecule has 0 unspecified atom stereocenters. The van der Waals surface area contributed by atoms with Crippen molar-refractivity contribution in [2.24, 2.45) is 5.73 Å². The number of hydrogen-bond acceptors (Lipinski definition) is 4. The van der Waals surface area contributed by atoms with Crippen molar-refractivity contribution in [1.82, 2.24) is 0 Å². The Balaban J connectivity index is 2.41. The van der Waals surface area contributed by atoms with Gasteiger partial charge in [0.25, 0.3) is 0 Å². The van der Waals surface area contributed by atoms with E-state index in [1.54, 1.807) is 36.4 Å². The monoisotopic (exact) mass is 274 g/mol. The van der Waals surface area contributed by atoms with Gasteiger partial charge in [0.05, 0.1) is 18.4 Å². The summed E-state index contributed by atoms with van der Waals surface area (Å²) in [6.45, 7) is 0.0649. The molecule has 0 fully saturated rings. The van der Waals surface area contributed by atoms with Crippen LogP contribution in [0.4, 0.5) is 15.8 Å². The molecule has 5 heteroatoms. The molecule has 0 heterocycles. The Kier molecular flexibility index (Phi) is 4.32. The molecule has 0 atom stereocenters. The summed E-state index contributed by atoms with van der Waals surface area (Å²) >= 11 is 0. The van der Waals surface area contributed by atoms with Gasteiger partial charge < -0.3 is 15.8 Å². The van der Waals surface area contributed by atoms with Crippen LogP contribution in [0, 0.1) is 5.82 Å². The highest BCUT2D eigenvalue weighted by molar-refractivity contribution is 5.96. The van der Waals surface area contributed by atoms with Crippen LogP contribution < -0.4 is 11.1 Å². The van der Waals surface area contributed by atoms with Gasteiger partial charge in [-0.15, -0.1) is 0 Å². The summed E-state index contributed by atoms with van der Waals surface area (Å²) in [6.07, 6.45) is 0. The van der Waals surface area contributed by atoms with Crippen LogP contribution in [0.1, 0.15) is 15.9 Å². The van der Waals surface area contributed by atoms with Gasteiger partial charge in [-0.2, -0.15) is 0 Å². The number of para-hydroxylation sites is 1. The second-order valence-corrected chi connectivity index (χ2v) is 4.13. The van der Waals surface area contributed by atoms with E-state index in [0.29, 0.717) is 22.5 Å². The van der Waals surface area contributed by atoms with Crippen LogP contribution in [0.25, 0.3) is 0 Å². The predicted octanol–water partition coefficient (Wildman–Crippen LogP) is 2.81. The lowest BCUT2D eigenvalue weighted by atomic mass is 10.1. The van der Waals surface area contributed by atoms with E-state index >= 15 is 0 Å². The second-order valence-electron chi connectivity index (χ2n) is 4.13. The fraction of sp³-hybridized carbons (Fsp3) is 0.133. The number of benzene rings is 2.